The zero-order valence-corrected chi connectivity index (χ0v) is 12.7. The molecule has 3 aromatic rings. The first kappa shape index (κ1) is 13.7. The fourth-order valence-corrected chi connectivity index (χ4v) is 3.10. The first-order chi connectivity index (χ1) is 11.3. The Labute approximate surface area is 134 Å². The number of aromatic nitrogens is 1. The van der Waals surface area contributed by atoms with Crippen LogP contribution >= 0.6 is 0 Å². The van der Waals surface area contributed by atoms with Gasteiger partial charge in [-0.15, -0.1) is 0 Å². The second kappa shape index (κ2) is 5.36. The van der Waals surface area contributed by atoms with Crippen LogP contribution in [0.25, 0.3) is 16.5 Å². The Bertz CT molecular complexity index is 952. The average molecular weight is 301 g/mol. The lowest BCUT2D eigenvalue weighted by molar-refractivity contribution is -0.103. The highest BCUT2D eigenvalue weighted by Gasteiger charge is 2.19. The molecule has 0 unspecified atom stereocenters. The number of hydrogen-bond donors (Lipinski definition) is 0. The molecule has 3 nitrogen and oxygen atoms in total. The second-order valence-corrected chi connectivity index (χ2v) is 5.74. The van der Waals surface area contributed by atoms with Crippen LogP contribution in [-0.2, 0) is 11.2 Å². The van der Waals surface area contributed by atoms with Gasteiger partial charge in [0.25, 0.3) is 0 Å². The average Bonchev–Trinajstić information content (AvgIpc) is 2.89. The van der Waals surface area contributed by atoms with Crippen LogP contribution in [0.1, 0.15) is 18.1 Å². The summed E-state index contributed by atoms with van der Waals surface area (Å²) in [5.74, 6) is 1.56. The zero-order chi connectivity index (χ0) is 15.8. The van der Waals surface area contributed by atoms with Crippen LogP contribution in [0, 0.1) is 0 Å². The third kappa shape index (κ3) is 2.30. The van der Waals surface area contributed by atoms with Gasteiger partial charge in [0.2, 0.25) is 0 Å². The number of allylic oxidation sites excluding steroid dienone is 2. The van der Waals surface area contributed by atoms with E-state index in [-0.39, 0.29) is 0 Å². The molecule has 0 spiro atoms. The minimum Gasteiger partial charge on any atom is -0.457 e. The van der Waals surface area contributed by atoms with Crippen molar-refractivity contribution in [2.45, 2.75) is 13.3 Å². The van der Waals surface area contributed by atoms with Gasteiger partial charge in [-0.3, -0.25) is 9.78 Å². The molecule has 0 N–H and O–H groups in total. The summed E-state index contributed by atoms with van der Waals surface area (Å²) in [6.45, 7) is 2.00. The molecule has 1 aliphatic carbocycles. The third-order valence-corrected chi connectivity index (χ3v) is 4.24. The smallest absolute Gasteiger partial charge is 0.150 e. The number of pyridine rings is 1. The van der Waals surface area contributed by atoms with Crippen LogP contribution in [0.4, 0.5) is 0 Å². The van der Waals surface area contributed by atoms with Crippen LogP contribution < -0.4 is 4.74 Å². The first-order valence-electron chi connectivity index (χ1n) is 7.56. The quantitative estimate of drug-likeness (QED) is 0.666. The van der Waals surface area contributed by atoms with Crippen molar-refractivity contribution in [3.8, 4) is 11.5 Å². The molecule has 4 rings (SSSR count). The SMILES string of the molecule is CC1=C(C=O)c2ccc(Oc3ccnc4ccccc34)cc2C1. The van der Waals surface area contributed by atoms with Crippen molar-refractivity contribution in [2.24, 2.45) is 0 Å². The normalized spacial score (nSPS) is 13.3. The summed E-state index contributed by atoms with van der Waals surface area (Å²) in [5, 5.41) is 0.985. The van der Waals surface area contributed by atoms with Crippen molar-refractivity contribution >= 4 is 22.8 Å². The van der Waals surface area contributed by atoms with Crippen LogP contribution in [0.15, 0.2) is 60.3 Å². The molecule has 23 heavy (non-hydrogen) atoms. The summed E-state index contributed by atoms with van der Waals surface area (Å²) in [7, 11) is 0. The topological polar surface area (TPSA) is 39.2 Å². The maximum Gasteiger partial charge on any atom is 0.150 e. The number of benzene rings is 2. The Kier molecular flexibility index (Phi) is 3.19. The molecule has 1 aliphatic rings. The molecule has 0 saturated carbocycles. The van der Waals surface area contributed by atoms with Crippen LogP contribution in [-0.4, -0.2) is 11.3 Å². The highest BCUT2D eigenvalue weighted by atomic mass is 16.5. The predicted octanol–water partition coefficient (Wildman–Crippen LogP) is 4.56. The van der Waals surface area contributed by atoms with Crippen LogP contribution in [0.5, 0.6) is 11.5 Å². The summed E-state index contributed by atoms with van der Waals surface area (Å²) in [5.41, 5.74) is 4.99. The fourth-order valence-electron chi connectivity index (χ4n) is 3.10. The number of fused-ring (bicyclic) bond motifs is 2. The second-order valence-electron chi connectivity index (χ2n) is 5.74. The van der Waals surface area contributed by atoms with Gasteiger partial charge >= 0.3 is 0 Å². The number of hydrogen-bond acceptors (Lipinski definition) is 3. The molecule has 0 bridgehead atoms. The summed E-state index contributed by atoms with van der Waals surface area (Å²) >= 11 is 0. The number of para-hydroxylation sites is 1. The van der Waals surface area contributed by atoms with Crippen LogP contribution in [0.2, 0.25) is 0 Å². The molecule has 1 aromatic heterocycles. The maximum absolute atomic E-state index is 11.2. The third-order valence-electron chi connectivity index (χ3n) is 4.24. The molecule has 0 fully saturated rings. The number of carbonyl (C=O) groups excluding carboxylic acids is 1. The molecule has 0 saturated heterocycles. The van der Waals surface area contributed by atoms with E-state index in [1.165, 1.54) is 0 Å². The van der Waals surface area contributed by atoms with Gasteiger partial charge in [-0.25, -0.2) is 0 Å². The Morgan fingerprint density at radius 3 is 2.87 bits per heavy atom. The molecule has 0 aliphatic heterocycles. The van der Waals surface area contributed by atoms with Gasteiger partial charge in [-0.05, 0) is 54.8 Å². The molecule has 1 heterocycles. The van der Waals surface area contributed by atoms with Crippen molar-refractivity contribution in [2.75, 3.05) is 0 Å². The number of aldehydes is 1. The fraction of sp³-hybridized carbons (Fsp3) is 0.100. The summed E-state index contributed by atoms with van der Waals surface area (Å²) < 4.78 is 6.07. The molecule has 0 radical (unpaired) electrons. The number of nitrogens with zero attached hydrogens (tertiary/aromatic N) is 1. The Balaban J connectivity index is 1.71. The van der Waals surface area contributed by atoms with Gasteiger partial charge in [0.05, 0.1) is 5.52 Å². The van der Waals surface area contributed by atoms with Gasteiger partial charge in [-0.1, -0.05) is 23.8 Å². The number of carbonyl (C=O) groups is 1. The van der Waals surface area contributed by atoms with E-state index in [9.17, 15) is 4.79 Å². The van der Waals surface area contributed by atoms with Crippen molar-refractivity contribution in [3.63, 3.8) is 0 Å². The van der Waals surface area contributed by atoms with E-state index in [1.807, 2.05) is 55.5 Å². The molecule has 0 atom stereocenters. The summed E-state index contributed by atoms with van der Waals surface area (Å²) in [6.07, 6.45) is 3.50. The summed E-state index contributed by atoms with van der Waals surface area (Å²) in [4.78, 5) is 15.6. The van der Waals surface area contributed by atoms with Gasteiger partial charge in [0.15, 0.2) is 6.29 Å². The Morgan fingerprint density at radius 2 is 2.00 bits per heavy atom. The lowest BCUT2D eigenvalue weighted by Gasteiger charge is -2.10. The maximum atomic E-state index is 11.2. The van der Waals surface area contributed by atoms with Gasteiger partial charge < -0.3 is 4.74 Å². The molecule has 0 amide bonds. The Morgan fingerprint density at radius 1 is 1.13 bits per heavy atom. The molecule has 3 heteroatoms. The highest BCUT2D eigenvalue weighted by Crippen LogP contribution is 2.35. The number of rotatable bonds is 3. The monoisotopic (exact) mass is 301 g/mol. The largest absolute Gasteiger partial charge is 0.457 e. The highest BCUT2D eigenvalue weighted by molar-refractivity contribution is 6.10. The lowest BCUT2D eigenvalue weighted by atomic mass is 10.1. The predicted molar refractivity (Wildman–Crippen MR) is 90.6 cm³/mol. The van der Waals surface area contributed by atoms with Crippen molar-refractivity contribution in [1.29, 1.82) is 0 Å². The van der Waals surface area contributed by atoms with Crippen molar-refractivity contribution in [3.05, 3.63) is 71.4 Å². The van der Waals surface area contributed by atoms with Gasteiger partial charge in [0, 0.05) is 17.2 Å². The van der Waals surface area contributed by atoms with Crippen molar-refractivity contribution < 1.29 is 9.53 Å². The van der Waals surface area contributed by atoms with Gasteiger partial charge in [-0.2, -0.15) is 0 Å². The first-order valence-corrected chi connectivity index (χ1v) is 7.56. The van der Waals surface area contributed by atoms with E-state index in [1.54, 1.807) is 6.20 Å². The lowest BCUT2D eigenvalue weighted by Crippen LogP contribution is -1.91. The van der Waals surface area contributed by atoms with Gasteiger partial charge in [0.1, 0.15) is 11.5 Å². The molecule has 112 valence electrons. The number of ether oxygens (including phenoxy) is 1. The van der Waals surface area contributed by atoms with E-state index in [4.69, 9.17) is 4.74 Å². The van der Waals surface area contributed by atoms with E-state index in [0.717, 1.165) is 57.4 Å². The van der Waals surface area contributed by atoms with E-state index in [0.29, 0.717) is 0 Å². The van der Waals surface area contributed by atoms with E-state index < -0.39 is 0 Å². The van der Waals surface area contributed by atoms with E-state index >= 15 is 0 Å². The molecule has 2 aromatic carbocycles. The van der Waals surface area contributed by atoms with Crippen LogP contribution in [0.3, 0.4) is 0 Å². The minimum atomic E-state index is 0.778. The molecular weight excluding hydrogens is 286 g/mol. The standard InChI is InChI=1S/C20H15NO2/c1-13-10-14-11-15(6-7-16(14)18(13)12-22)23-20-8-9-21-19-5-3-2-4-17(19)20/h2-9,11-12H,10H2,1H3. The zero-order valence-electron chi connectivity index (χ0n) is 12.7. The Hall–Kier alpha value is -2.94. The minimum absolute atomic E-state index is 0.778. The summed E-state index contributed by atoms with van der Waals surface area (Å²) in [6, 6.07) is 15.7. The van der Waals surface area contributed by atoms with E-state index in [2.05, 4.69) is 4.98 Å². The molecular formula is C20H15NO2. The van der Waals surface area contributed by atoms with Crippen molar-refractivity contribution in [1.82, 2.24) is 4.98 Å².